The number of benzene rings is 2. The largest absolute Gasteiger partial charge is 0.573 e. The Balaban J connectivity index is 2.23. The molecule has 0 heterocycles. The van der Waals surface area contributed by atoms with E-state index in [4.69, 9.17) is 0 Å². The van der Waals surface area contributed by atoms with Crippen LogP contribution in [0.5, 0.6) is 5.75 Å². The van der Waals surface area contributed by atoms with Crippen LogP contribution >= 0.6 is 0 Å². The van der Waals surface area contributed by atoms with Gasteiger partial charge in [-0.15, -0.1) is 13.2 Å². The summed E-state index contributed by atoms with van der Waals surface area (Å²) in [5.41, 5.74) is 0.488. The molecule has 0 aromatic heterocycles. The first-order valence-corrected chi connectivity index (χ1v) is 8.55. The number of para-hydroxylation sites is 1. The lowest BCUT2D eigenvalue weighted by Crippen LogP contribution is -2.24. The number of urea groups is 1. The molecule has 0 fully saturated rings. The lowest BCUT2D eigenvalue weighted by molar-refractivity contribution is -0.275. The zero-order chi connectivity index (χ0) is 19.4. The van der Waals surface area contributed by atoms with Gasteiger partial charge in [-0.1, -0.05) is 12.1 Å². The van der Waals surface area contributed by atoms with E-state index >= 15 is 0 Å². The quantitative estimate of drug-likeness (QED) is 0.732. The van der Waals surface area contributed by atoms with E-state index in [0.29, 0.717) is 5.69 Å². The molecule has 0 aliphatic heterocycles. The molecule has 0 radical (unpaired) electrons. The van der Waals surface area contributed by atoms with E-state index in [1.165, 1.54) is 43.4 Å². The summed E-state index contributed by atoms with van der Waals surface area (Å²) in [5.74, 6) is -0.842. The number of ether oxygens (including phenoxy) is 1. The third-order valence-corrected chi connectivity index (χ3v) is 4.41. The third kappa shape index (κ3) is 5.28. The summed E-state index contributed by atoms with van der Waals surface area (Å²) >= 11 is 0. The zero-order valence-electron chi connectivity index (χ0n) is 13.3. The Kier molecular flexibility index (Phi) is 5.60. The molecule has 0 aliphatic carbocycles. The Morgan fingerprint density at radius 3 is 2.15 bits per heavy atom. The minimum Gasteiger partial charge on any atom is -0.404 e. The Bertz CT molecular complexity index is 884. The number of carbonyl (C=O) groups is 1. The number of sulfonamides is 1. The molecule has 0 aliphatic rings. The lowest BCUT2D eigenvalue weighted by Gasteiger charge is -2.14. The van der Waals surface area contributed by atoms with Gasteiger partial charge in [-0.05, 0) is 36.4 Å². The predicted molar refractivity (Wildman–Crippen MR) is 88.5 cm³/mol. The van der Waals surface area contributed by atoms with E-state index < -0.39 is 33.1 Å². The maximum absolute atomic E-state index is 12.4. The van der Waals surface area contributed by atoms with Crippen LogP contribution in [-0.2, 0) is 10.0 Å². The number of hydrogen-bond acceptors (Lipinski definition) is 4. The highest BCUT2D eigenvalue weighted by atomic mass is 32.2. The van der Waals surface area contributed by atoms with Gasteiger partial charge in [0.2, 0.25) is 0 Å². The Labute approximate surface area is 147 Å². The van der Waals surface area contributed by atoms with Gasteiger partial charge in [0, 0.05) is 18.4 Å². The van der Waals surface area contributed by atoms with Crippen LogP contribution in [0.15, 0.2) is 53.4 Å². The van der Waals surface area contributed by atoms with Crippen LogP contribution in [0.3, 0.4) is 0 Å². The molecule has 0 unspecified atom stereocenters. The Hall–Kier alpha value is -2.95. The molecular formula is C15H14F3N3O4S. The molecule has 0 spiro atoms. The molecule has 140 valence electrons. The van der Waals surface area contributed by atoms with Gasteiger partial charge in [-0.3, -0.25) is 4.72 Å². The normalized spacial score (nSPS) is 11.5. The lowest BCUT2D eigenvalue weighted by atomic mass is 10.3. The van der Waals surface area contributed by atoms with E-state index in [9.17, 15) is 26.4 Å². The standard InChI is InChI=1S/C15H14F3N3O4S/c1-19-14(22)20-10-6-8-11(9-7-10)21-26(23,24)13-5-3-2-4-12(13)25-15(16,17)18/h2-9,21H,1H3,(H2,19,20,22). The number of rotatable bonds is 5. The second-order valence-electron chi connectivity index (χ2n) is 4.88. The first-order valence-electron chi connectivity index (χ1n) is 7.07. The predicted octanol–water partition coefficient (Wildman–Crippen LogP) is 3.14. The number of hydrogen-bond donors (Lipinski definition) is 3. The highest BCUT2D eigenvalue weighted by Gasteiger charge is 2.34. The minimum absolute atomic E-state index is 0.0919. The van der Waals surface area contributed by atoms with Gasteiger partial charge >= 0.3 is 12.4 Å². The number of halogens is 3. The van der Waals surface area contributed by atoms with Crippen LogP contribution in [0.25, 0.3) is 0 Å². The van der Waals surface area contributed by atoms with Gasteiger partial charge in [0.05, 0.1) is 0 Å². The molecule has 0 saturated carbocycles. The maximum atomic E-state index is 12.4. The molecule has 3 N–H and O–H groups in total. The van der Waals surface area contributed by atoms with Gasteiger partial charge in [0.15, 0.2) is 0 Å². The van der Waals surface area contributed by atoms with E-state index in [2.05, 4.69) is 20.1 Å². The van der Waals surface area contributed by atoms with E-state index in [1.807, 2.05) is 0 Å². The average Bonchev–Trinajstić information content (AvgIpc) is 2.55. The van der Waals surface area contributed by atoms with Gasteiger partial charge in [0.1, 0.15) is 10.6 Å². The van der Waals surface area contributed by atoms with Crippen molar-refractivity contribution in [1.82, 2.24) is 5.32 Å². The monoisotopic (exact) mass is 389 g/mol. The van der Waals surface area contributed by atoms with Crippen LogP contribution in [0.4, 0.5) is 29.3 Å². The second kappa shape index (κ2) is 7.52. The highest BCUT2D eigenvalue weighted by Crippen LogP contribution is 2.30. The van der Waals surface area contributed by atoms with Crippen LogP contribution in [0.1, 0.15) is 0 Å². The topological polar surface area (TPSA) is 96.5 Å². The van der Waals surface area contributed by atoms with Crippen molar-refractivity contribution in [3.05, 3.63) is 48.5 Å². The summed E-state index contributed by atoms with van der Waals surface area (Å²) in [6.07, 6.45) is -5.03. The fourth-order valence-electron chi connectivity index (χ4n) is 1.91. The summed E-state index contributed by atoms with van der Waals surface area (Å²) in [6, 6.07) is 9.45. The molecule has 7 nitrogen and oxygen atoms in total. The number of nitrogens with one attached hydrogen (secondary N) is 3. The zero-order valence-corrected chi connectivity index (χ0v) is 14.1. The molecule has 26 heavy (non-hydrogen) atoms. The molecule has 0 atom stereocenters. The van der Waals surface area contributed by atoms with Crippen LogP contribution < -0.4 is 20.1 Å². The van der Waals surface area contributed by atoms with E-state index in [0.717, 1.165) is 12.1 Å². The van der Waals surface area contributed by atoms with E-state index in [-0.39, 0.29) is 5.69 Å². The van der Waals surface area contributed by atoms with Crippen molar-refractivity contribution < 1.29 is 31.1 Å². The third-order valence-electron chi connectivity index (χ3n) is 2.99. The molecular weight excluding hydrogens is 375 g/mol. The van der Waals surface area contributed by atoms with Crippen molar-refractivity contribution in [3.63, 3.8) is 0 Å². The molecule has 2 rings (SSSR count). The summed E-state index contributed by atoms with van der Waals surface area (Å²) in [4.78, 5) is 10.5. The molecule has 11 heteroatoms. The van der Waals surface area contributed by atoms with Crippen LogP contribution in [0.2, 0.25) is 0 Å². The fraction of sp³-hybridized carbons (Fsp3) is 0.133. The van der Waals surface area contributed by atoms with Crippen LogP contribution in [-0.4, -0.2) is 27.9 Å². The van der Waals surface area contributed by atoms with Gasteiger partial charge in [-0.2, -0.15) is 0 Å². The van der Waals surface area contributed by atoms with E-state index in [1.54, 1.807) is 0 Å². The summed E-state index contributed by atoms with van der Waals surface area (Å²) in [5, 5.41) is 4.82. The molecule has 2 aromatic carbocycles. The molecule has 2 amide bonds. The first-order chi connectivity index (χ1) is 12.1. The Morgan fingerprint density at radius 1 is 1.00 bits per heavy atom. The van der Waals surface area contributed by atoms with Crippen molar-refractivity contribution in [2.75, 3.05) is 17.1 Å². The second-order valence-corrected chi connectivity index (χ2v) is 6.53. The fourth-order valence-corrected chi connectivity index (χ4v) is 3.10. The molecule has 0 saturated heterocycles. The number of amides is 2. The van der Waals surface area contributed by atoms with Gasteiger partial charge < -0.3 is 15.4 Å². The number of carbonyl (C=O) groups excluding carboxylic acids is 1. The summed E-state index contributed by atoms with van der Waals surface area (Å²) in [6.45, 7) is 0. The van der Waals surface area contributed by atoms with Crippen molar-refractivity contribution in [2.24, 2.45) is 0 Å². The van der Waals surface area contributed by atoms with Crippen molar-refractivity contribution in [2.45, 2.75) is 11.3 Å². The SMILES string of the molecule is CNC(=O)Nc1ccc(NS(=O)(=O)c2ccccc2OC(F)(F)F)cc1. The highest BCUT2D eigenvalue weighted by molar-refractivity contribution is 7.92. The minimum atomic E-state index is -5.03. The number of alkyl halides is 3. The summed E-state index contributed by atoms with van der Waals surface area (Å²) in [7, 11) is -2.90. The number of anilines is 2. The summed E-state index contributed by atoms with van der Waals surface area (Å²) < 4.78 is 68.0. The Morgan fingerprint density at radius 2 is 1.58 bits per heavy atom. The van der Waals surface area contributed by atoms with Gasteiger partial charge in [0.25, 0.3) is 10.0 Å². The maximum Gasteiger partial charge on any atom is 0.573 e. The first kappa shape index (κ1) is 19.4. The van der Waals surface area contributed by atoms with Crippen molar-refractivity contribution >= 4 is 27.4 Å². The molecule has 2 aromatic rings. The smallest absolute Gasteiger partial charge is 0.404 e. The van der Waals surface area contributed by atoms with Crippen LogP contribution in [0, 0.1) is 0 Å². The van der Waals surface area contributed by atoms with Gasteiger partial charge in [-0.25, -0.2) is 13.2 Å². The van der Waals surface area contributed by atoms with Crippen molar-refractivity contribution in [3.8, 4) is 5.75 Å². The molecule has 0 bridgehead atoms. The van der Waals surface area contributed by atoms with Crippen molar-refractivity contribution in [1.29, 1.82) is 0 Å². The average molecular weight is 389 g/mol.